The van der Waals surface area contributed by atoms with E-state index in [0.29, 0.717) is 31.4 Å². The number of hydrogen-bond acceptors (Lipinski definition) is 6. The first kappa shape index (κ1) is 25.0. The molecule has 0 aliphatic carbocycles. The molecule has 1 aromatic heterocycles. The summed E-state index contributed by atoms with van der Waals surface area (Å²) in [5, 5.41) is 0. The Balaban J connectivity index is 1.59. The van der Waals surface area contributed by atoms with Crippen molar-refractivity contribution in [3.05, 3.63) is 52.8 Å². The molecule has 180 valence electrons. The van der Waals surface area contributed by atoms with Gasteiger partial charge in [0, 0.05) is 25.5 Å². The van der Waals surface area contributed by atoms with E-state index in [0.717, 1.165) is 29.7 Å². The second-order valence-corrected chi connectivity index (χ2v) is 11.8. The molecule has 0 bridgehead atoms. The fourth-order valence-electron chi connectivity index (χ4n) is 3.88. The minimum atomic E-state index is -3.24. The molecule has 0 saturated carbocycles. The smallest absolute Gasteiger partial charge is 0.410 e. The molecule has 8 heteroatoms. The van der Waals surface area contributed by atoms with Crippen LogP contribution in [0.3, 0.4) is 0 Å². The second kappa shape index (κ2) is 9.71. The standard InChI is InChI=1S/C25H34N2O5S/c1-17-13-20(19-9-11-27(12-10-19)24(28)32-25(3,4)5)15-26-22(17)16-31-23-8-7-21(14-18(23)2)33(6,29)30/h7-8,13-15,19H,9-12,16H2,1-6H3. The van der Waals surface area contributed by atoms with Gasteiger partial charge >= 0.3 is 6.09 Å². The van der Waals surface area contributed by atoms with Crippen LogP contribution in [-0.4, -0.2) is 49.3 Å². The van der Waals surface area contributed by atoms with E-state index in [1.807, 2.05) is 40.8 Å². The van der Waals surface area contributed by atoms with Crippen molar-refractivity contribution in [2.24, 2.45) is 0 Å². The molecule has 1 amide bonds. The average Bonchev–Trinajstić information content (AvgIpc) is 2.71. The van der Waals surface area contributed by atoms with Gasteiger partial charge in [0.1, 0.15) is 18.0 Å². The first-order chi connectivity index (χ1) is 15.3. The number of sulfone groups is 1. The number of aryl methyl sites for hydroxylation is 2. The zero-order valence-electron chi connectivity index (χ0n) is 20.3. The Morgan fingerprint density at radius 3 is 2.33 bits per heavy atom. The minimum Gasteiger partial charge on any atom is -0.487 e. The number of hydrogen-bond donors (Lipinski definition) is 0. The molecule has 1 aliphatic heterocycles. The van der Waals surface area contributed by atoms with E-state index in [2.05, 4.69) is 11.1 Å². The highest BCUT2D eigenvalue weighted by atomic mass is 32.2. The highest BCUT2D eigenvalue weighted by molar-refractivity contribution is 7.90. The van der Waals surface area contributed by atoms with E-state index in [-0.39, 0.29) is 11.0 Å². The van der Waals surface area contributed by atoms with Crippen molar-refractivity contribution in [1.29, 1.82) is 0 Å². The number of pyridine rings is 1. The lowest BCUT2D eigenvalue weighted by molar-refractivity contribution is 0.0204. The normalized spacial score (nSPS) is 15.4. The molecule has 0 N–H and O–H groups in total. The summed E-state index contributed by atoms with van der Waals surface area (Å²) >= 11 is 0. The van der Waals surface area contributed by atoms with Crippen molar-refractivity contribution in [3.63, 3.8) is 0 Å². The van der Waals surface area contributed by atoms with Crippen molar-refractivity contribution in [2.45, 2.75) is 70.5 Å². The number of piperidine rings is 1. The van der Waals surface area contributed by atoms with Gasteiger partial charge < -0.3 is 14.4 Å². The first-order valence-electron chi connectivity index (χ1n) is 11.2. The Kier molecular flexibility index (Phi) is 7.36. The molecule has 1 fully saturated rings. The molecule has 3 rings (SSSR count). The molecule has 1 aliphatic rings. The van der Waals surface area contributed by atoms with Gasteiger partial charge in [0.15, 0.2) is 9.84 Å². The Morgan fingerprint density at radius 1 is 1.12 bits per heavy atom. The maximum atomic E-state index is 12.3. The maximum Gasteiger partial charge on any atom is 0.410 e. The zero-order chi connectivity index (χ0) is 24.4. The lowest BCUT2D eigenvalue weighted by Crippen LogP contribution is -2.41. The third kappa shape index (κ3) is 6.69. The number of benzene rings is 1. The number of rotatable bonds is 5. The lowest BCUT2D eigenvalue weighted by Gasteiger charge is -2.33. The van der Waals surface area contributed by atoms with Crippen LogP contribution in [0.25, 0.3) is 0 Å². The molecule has 2 aromatic rings. The molecular weight excluding hydrogens is 440 g/mol. The lowest BCUT2D eigenvalue weighted by atomic mass is 9.89. The Morgan fingerprint density at radius 2 is 1.79 bits per heavy atom. The van der Waals surface area contributed by atoms with E-state index in [1.165, 1.54) is 11.8 Å². The number of carbonyl (C=O) groups excluding carboxylic acids is 1. The van der Waals surface area contributed by atoms with Crippen LogP contribution in [0.1, 0.15) is 61.9 Å². The van der Waals surface area contributed by atoms with Crippen LogP contribution in [0.4, 0.5) is 4.79 Å². The highest BCUT2D eigenvalue weighted by Gasteiger charge is 2.27. The number of nitrogens with zero attached hydrogens (tertiary/aromatic N) is 2. The summed E-state index contributed by atoms with van der Waals surface area (Å²) < 4.78 is 34.8. The fourth-order valence-corrected chi connectivity index (χ4v) is 4.59. The summed E-state index contributed by atoms with van der Waals surface area (Å²) in [6.07, 6.45) is 4.60. The quantitative estimate of drug-likeness (QED) is 0.619. The number of aromatic nitrogens is 1. The summed E-state index contributed by atoms with van der Waals surface area (Å²) in [6.45, 7) is 11.1. The SMILES string of the molecule is Cc1cc(S(C)(=O)=O)ccc1OCc1ncc(C2CCN(C(=O)OC(C)(C)C)CC2)cc1C. The van der Waals surface area contributed by atoms with Gasteiger partial charge in [0.25, 0.3) is 0 Å². The molecule has 0 unspecified atom stereocenters. The van der Waals surface area contributed by atoms with E-state index in [9.17, 15) is 13.2 Å². The van der Waals surface area contributed by atoms with Gasteiger partial charge in [-0.2, -0.15) is 0 Å². The topological polar surface area (TPSA) is 85.8 Å². The molecule has 33 heavy (non-hydrogen) atoms. The zero-order valence-corrected chi connectivity index (χ0v) is 21.2. The van der Waals surface area contributed by atoms with Gasteiger partial charge in [-0.05, 0) is 88.3 Å². The first-order valence-corrected chi connectivity index (χ1v) is 13.1. The van der Waals surface area contributed by atoms with Crippen LogP contribution in [0.2, 0.25) is 0 Å². The maximum absolute atomic E-state index is 12.3. The number of likely N-dealkylation sites (tertiary alicyclic amines) is 1. The molecule has 1 saturated heterocycles. The van der Waals surface area contributed by atoms with Crippen LogP contribution in [-0.2, 0) is 21.2 Å². The van der Waals surface area contributed by atoms with Crippen molar-refractivity contribution in [2.75, 3.05) is 19.3 Å². The largest absolute Gasteiger partial charge is 0.487 e. The molecule has 0 atom stereocenters. The number of amides is 1. The Bertz CT molecular complexity index is 1110. The van der Waals surface area contributed by atoms with Crippen LogP contribution in [0.5, 0.6) is 5.75 Å². The molecule has 0 radical (unpaired) electrons. The van der Waals surface area contributed by atoms with E-state index in [1.54, 1.807) is 23.1 Å². The summed E-state index contributed by atoms with van der Waals surface area (Å²) in [5.41, 5.74) is 3.35. The number of carbonyl (C=O) groups is 1. The van der Waals surface area contributed by atoms with Crippen LogP contribution >= 0.6 is 0 Å². The predicted molar refractivity (Wildman–Crippen MR) is 127 cm³/mol. The molecule has 7 nitrogen and oxygen atoms in total. The van der Waals surface area contributed by atoms with Crippen molar-refractivity contribution >= 4 is 15.9 Å². The van der Waals surface area contributed by atoms with E-state index in [4.69, 9.17) is 9.47 Å². The Hall–Kier alpha value is -2.61. The molecular formula is C25H34N2O5S. The third-order valence-electron chi connectivity index (χ3n) is 5.76. The fraction of sp³-hybridized carbons (Fsp3) is 0.520. The molecule has 2 heterocycles. The van der Waals surface area contributed by atoms with Gasteiger partial charge in [0.05, 0.1) is 10.6 Å². The van der Waals surface area contributed by atoms with Crippen LogP contribution in [0, 0.1) is 13.8 Å². The van der Waals surface area contributed by atoms with Crippen LogP contribution in [0.15, 0.2) is 35.4 Å². The summed E-state index contributed by atoms with van der Waals surface area (Å²) in [6, 6.07) is 7.02. The van der Waals surface area contributed by atoms with Crippen molar-refractivity contribution in [1.82, 2.24) is 9.88 Å². The molecule has 0 spiro atoms. The summed E-state index contributed by atoms with van der Waals surface area (Å²) in [7, 11) is -3.24. The van der Waals surface area contributed by atoms with E-state index >= 15 is 0 Å². The van der Waals surface area contributed by atoms with Gasteiger partial charge in [-0.1, -0.05) is 6.07 Å². The van der Waals surface area contributed by atoms with Crippen molar-refractivity contribution in [3.8, 4) is 5.75 Å². The van der Waals surface area contributed by atoms with Crippen LogP contribution < -0.4 is 4.74 Å². The predicted octanol–water partition coefficient (Wildman–Crippen LogP) is 4.80. The van der Waals surface area contributed by atoms with E-state index < -0.39 is 15.4 Å². The Labute approximate surface area is 197 Å². The van der Waals surface area contributed by atoms with Gasteiger partial charge in [-0.3, -0.25) is 4.98 Å². The third-order valence-corrected chi connectivity index (χ3v) is 6.88. The van der Waals surface area contributed by atoms with Gasteiger partial charge in [0.2, 0.25) is 0 Å². The van der Waals surface area contributed by atoms with Crippen molar-refractivity contribution < 1.29 is 22.7 Å². The van der Waals surface area contributed by atoms with Gasteiger partial charge in [-0.15, -0.1) is 0 Å². The summed E-state index contributed by atoms with van der Waals surface area (Å²) in [4.78, 5) is 19.0. The average molecular weight is 475 g/mol. The number of ether oxygens (including phenoxy) is 2. The second-order valence-electron chi connectivity index (χ2n) is 9.76. The monoisotopic (exact) mass is 474 g/mol. The summed E-state index contributed by atoms with van der Waals surface area (Å²) in [5.74, 6) is 0.998. The van der Waals surface area contributed by atoms with Gasteiger partial charge in [-0.25, -0.2) is 13.2 Å². The highest BCUT2D eigenvalue weighted by Crippen LogP contribution is 2.30. The minimum absolute atomic E-state index is 0.248. The molecule has 1 aromatic carbocycles.